The molecular formula is C14H18N2. The van der Waals surface area contributed by atoms with Crippen molar-refractivity contribution >= 4 is 5.69 Å². The van der Waals surface area contributed by atoms with Crippen LogP contribution in [0.15, 0.2) is 36.4 Å². The molecule has 1 atom stereocenters. The van der Waals surface area contributed by atoms with Crippen molar-refractivity contribution in [1.29, 1.82) is 0 Å². The third-order valence-corrected chi connectivity index (χ3v) is 3.56. The van der Waals surface area contributed by atoms with Gasteiger partial charge < -0.3 is 5.32 Å². The van der Waals surface area contributed by atoms with Gasteiger partial charge in [0, 0.05) is 37.8 Å². The summed E-state index contributed by atoms with van der Waals surface area (Å²) in [6.07, 6.45) is 5.79. The molecule has 0 spiro atoms. The van der Waals surface area contributed by atoms with E-state index in [1.165, 1.54) is 30.8 Å². The van der Waals surface area contributed by atoms with E-state index in [0.29, 0.717) is 5.92 Å². The Bertz CT molecular complexity index is 397. The van der Waals surface area contributed by atoms with Crippen molar-refractivity contribution in [3.05, 3.63) is 42.0 Å². The zero-order valence-electron chi connectivity index (χ0n) is 9.52. The monoisotopic (exact) mass is 214 g/mol. The normalized spacial score (nSPS) is 24.1. The van der Waals surface area contributed by atoms with Crippen LogP contribution >= 0.6 is 0 Å². The van der Waals surface area contributed by atoms with Gasteiger partial charge in [-0.3, -0.25) is 4.90 Å². The van der Waals surface area contributed by atoms with Gasteiger partial charge in [-0.05, 0) is 18.1 Å². The molecule has 0 saturated carbocycles. The van der Waals surface area contributed by atoms with Crippen molar-refractivity contribution in [2.24, 2.45) is 0 Å². The maximum atomic E-state index is 3.50. The molecule has 0 aromatic heterocycles. The van der Waals surface area contributed by atoms with Crippen LogP contribution in [-0.4, -0.2) is 31.1 Å². The van der Waals surface area contributed by atoms with Gasteiger partial charge in [0.1, 0.15) is 0 Å². The van der Waals surface area contributed by atoms with Crippen molar-refractivity contribution in [2.75, 3.05) is 31.5 Å². The molecule has 1 aromatic carbocycles. The highest BCUT2D eigenvalue weighted by atomic mass is 15.1. The minimum atomic E-state index is 0.669. The Balaban J connectivity index is 1.71. The lowest BCUT2D eigenvalue weighted by atomic mass is 10.0. The van der Waals surface area contributed by atoms with Gasteiger partial charge in [-0.2, -0.15) is 0 Å². The summed E-state index contributed by atoms with van der Waals surface area (Å²) in [6, 6.07) is 8.71. The molecule has 2 heteroatoms. The standard InChI is InChI=1S/C14H18N2/c1-4-8-16(9-5-1)11-12-10-15-14-7-3-2-6-13(12)14/h1-4,6-7,12,15H,5,8-11H2. The van der Waals surface area contributed by atoms with Crippen LogP contribution in [0.5, 0.6) is 0 Å². The highest BCUT2D eigenvalue weighted by molar-refractivity contribution is 5.57. The molecule has 0 aliphatic carbocycles. The Morgan fingerprint density at radius 1 is 1.25 bits per heavy atom. The van der Waals surface area contributed by atoms with E-state index in [4.69, 9.17) is 0 Å². The van der Waals surface area contributed by atoms with E-state index in [1.807, 2.05) is 0 Å². The van der Waals surface area contributed by atoms with Crippen molar-refractivity contribution in [2.45, 2.75) is 12.3 Å². The van der Waals surface area contributed by atoms with Crippen LogP contribution < -0.4 is 5.32 Å². The minimum absolute atomic E-state index is 0.669. The number of fused-ring (bicyclic) bond motifs is 1. The lowest BCUT2D eigenvalue weighted by Gasteiger charge is -2.26. The van der Waals surface area contributed by atoms with Gasteiger partial charge in [-0.15, -0.1) is 0 Å². The predicted molar refractivity (Wildman–Crippen MR) is 67.9 cm³/mol. The summed E-state index contributed by atoms with van der Waals surface area (Å²) in [4.78, 5) is 2.55. The van der Waals surface area contributed by atoms with E-state index in [1.54, 1.807) is 0 Å². The second kappa shape index (κ2) is 4.30. The van der Waals surface area contributed by atoms with E-state index in [-0.39, 0.29) is 0 Å². The second-order valence-electron chi connectivity index (χ2n) is 4.68. The Labute approximate surface area is 97.0 Å². The smallest absolute Gasteiger partial charge is 0.0376 e. The van der Waals surface area contributed by atoms with E-state index in [9.17, 15) is 0 Å². The fraction of sp³-hybridized carbons (Fsp3) is 0.429. The maximum absolute atomic E-state index is 3.50. The Morgan fingerprint density at radius 2 is 2.19 bits per heavy atom. The summed E-state index contributed by atoms with van der Waals surface area (Å²) >= 11 is 0. The van der Waals surface area contributed by atoms with Crippen LogP contribution in [0.2, 0.25) is 0 Å². The molecule has 2 heterocycles. The van der Waals surface area contributed by atoms with Crippen molar-refractivity contribution < 1.29 is 0 Å². The summed E-state index contributed by atoms with van der Waals surface area (Å²) in [5.41, 5.74) is 2.83. The van der Waals surface area contributed by atoms with E-state index in [0.717, 1.165) is 13.1 Å². The van der Waals surface area contributed by atoms with Gasteiger partial charge in [-0.1, -0.05) is 30.4 Å². The van der Waals surface area contributed by atoms with E-state index >= 15 is 0 Å². The quantitative estimate of drug-likeness (QED) is 0.761. The molecule has 0 saturated heterocycles. The van der Waals surface area contributed by atoms with Crippen molar-refractivity contribution in [3.8, 4) is 0 Å². The molecule has 1 N–H and O–H groups in total. The second-order valence-corrected chi connectivity index (χ2v) is 4.68. The number of anilines is 1. The lowest BCUT2D eigenvalue weighted by Crippen LogP contribution is -2.32. The number of rotatable bonds is 2. The van der Waals surface area contributed by atoms with Crippen molar-refractivity contribution in [3.63, 3.8) is 0 Å². The van der Waals surface area contributed by atoms with Crippen LogP contribution in [0.3, 0.4) is 0 Å². The summed E-state index contributed by atoms with van der Waals surface area (Å²) in [5.74, 6) is 0.669. The average Bonchev–Trinajstić information content (AvgIpc) is 2.74. The van der Waals surface area contributed by atoms with Crippen LogP contribution in [0.1, 0.15) is 17.9 Å². The first kappa shape index (κ1) is 9.91. The van der Waals surface area contributed by atoms with Gasteiger partial charge in [0.25, 0.3) is 0 Å². The largest absolute Gasteiger partial charge is 0.384 e. The lowest BCUT2D eigenvalue weighted by molar-refractivity contribution is 0.284. The summed E-state index contributed by atoms with van der Waals surface area (Å²) in [6.45, 7) is 4.63. The molecule has 84 valence electrons. The summed E-state index contributed by atoms with van der Waals surface area (Å²) in [5, 5.41) is 3.50. The zero-order chi connectivity index (χ0) is 10.8. The molecule has 16 heavy (non-hydrogen) atoms. The Kier molecular flexibility index (Phi) is 2.66. The highest BCUT2D eigenvalue weighted by Gasteiger charge is 2.23. The molecule has 1 aromatic rings. The van der Waals surface area contributed by atoms with E-state index in [2.05, 4.69) is 46.6 Å². The van der Waals surface area contributed by atoms with E-state index < -0.39 is 0 Å². The SMILES string of the molecule is C1=CCN(CC2CNc3ccccc32)CC1. The molecule has 2 nitrogen and oxygen atoms in total. The van der Waals surface area contributed by atoms with Gasteiger partial charge in [-0.25, -0.2) is 0 Å². The first-order valence-electron chi connectivity index (χ1n) is 6.13. The van der Waals surface area contributed by atoms with Gasteiger partial charge in [0.15, 0.2) is 0 Å². The number of hydrogen-bond donors (Lipinski definition) is 1. The third kappa shape index (κ3) is 1.85. The minimum Gasteiger partial charge on any atom is -0.384 e. The van der Waals surface area contributed by atoms with Crippen LogP contribution in [-0.2, 0) is 0 Å². The zero-order valence-corrected chi connectivity index (χ0v) is 9.52. The fourth-order valence-electron chi connectivity index (χ4n) is 2.69. The third-order valence-electron chi connectivity index (χ3n) is 3.56. The number of nitrogens with zero attached hydrogens (tertiary/aromatic N) is 1. The van der Waals surface area contributed by atoms with Crippen molar-refractivity contribution in [1.82, 2.24) is 4.90 Å². The van der Waals surface area contributed by atoms with Gasteiger partial charge in [0.2, 0.25) is 0 Å². The Morgan fingerprint density at radius 3 is 3.06 bits per heavy atom. The molecule has 0 radical (unpaired) electrons. The average molecular weight is 214 g/mol. The predicted octanol–water partition coefficient (Wildman–Crippen LogP) is 2.46. The van der Waals surface area contributed by atoms with Gasteiger partial charge in [0.05, 0.1) is 0 Å². The van der Waals surface area contributed by atoms with Crippen LogP contribution in [0, 0.1) is 0 Å². The van der Waals surface area contributed by atoms with Crippen LogP contribution in [0.25, 0.3) is 0 Å². The molecular weight excluding hydrogens is 196 g/mol. The number of nitrogens with one attached hydrogen (secondary N) is 1. The molecule has 0 fully saturated rings. The summed E-state index contributed by atoms with van der Waals surface area (Å²) < 4.78 is 0. The first-order chi connectivity index (χ1) is 7.93. The Hall–Kier alpha value is -1.28. The summed E-state index contributed by atoms with van der Waals surface area (Å²) in [7, 11) is 0. The molecule has 2 aliphatic rings. The first-order valence-corrected chi connectivity index (χ1v) is 6.13. The van der Waals surface area contributed by atoms with Crippen LogP contribution in [0.4, 0.5) is 5.69 Å². The topological polar surface area (TPSA) is 15.3 Å². The molecule has 3 rings (SSSR count). The fourth-order valence-corrected chi connectivity index (χ4v) is 2.69. The molecule has 1 unspecified atom stereocenters. The molecule has 0 bridgehead atoms. The number of benzene rings is 1. The number of hydrogen-bond acceptors (Lipinski definition) is 2. The highest BCUT2D eigenvalue weighted by Crippen LogP contribution is 2.31. The molecule has 0 amide bonds. The molecule has 2 aliphatic heterocycles. The number of para-hydroxylation sites is 1. The van der Waals surface area contributed by atoms with Gasteiger partial charge >= 0.3 is 0 Å². The maximum Gasteiger partial charge on any atom is 0.0376 e.